The lowest BCUT2D eigenvalue weighted by molar-refractivity contribution is 0.0569. The van der Waals surface area contributed by atoms with Gasteiger partial charge >= 0.3 is 16.3 Å². The van der Waals surface area contributed by atoms with Gasteiger partial charge in [-0.05, 0) is 39.7 Å². The maximum atomic E-state index is 11.9. The van der Waals surface area contributed by atoms with Crippen molar-refractivity contribution in [3.63, 3.8) is 0 Å². The van der Waals surface area contributed by atoms with Crippen LogP contribution >= 0.6 is 0 Å². The van der Waals surface area contributed by atoms with Gasteiger partial charge < -0.3 is 19.5 Å². The van der Waals surface area contributed by atoms with E-state index in [2.05, 4.69) is 21.1 Å². The number of aromatic nitrogens is 1. The van der Waals surface area contributed by atoms with E-state index >= 15 is 0 Å². The summed E-state index contributed by atoms with van der Waals surface area (Å²) in [6.45, 7) is 5.65. The van der Waals surface area contributed by atoms with Crippen molar-refractivity contribution in [3.05, 3.63) is 23.9 Å². The third kappa shape index (κ3) is 7.93. The molecule has 0 unspecified atom stereocenters. The maximum Gasteiger partial charge on any atom is 0.422 e. The number of methoxy groups -OCH3 is 2. The SMILES string of the molecule is COc1cc2ncc(C#N)c(NCCCCCNS(=O)(=O)NC(=O)OC(C)(C)C)c2cc1OC. The van der Waals surface area contributed by atoms with Crippen LogP contribution < -0.4 is 24.2 Å². The van der Waals surface area contributed by atoms with Gasteiger partial charge in [-0.25, -0.2) is 9.52 Å². The standard InChI is InChI=1S/C22H31N5O6S/c1-22(2,3)33-21(28)27-34(29,30)26-10-8-6-7-9-24-20-15(13-23)14-25-17-12-19(32-5)18(31-4)11-16(17)20/h11-12,14,26H,6-10H2,1-5H3,(H,24,25)(H,27,28). The van der Waals surface area contributed by atoms with E-state index in [-0.39, 0.29) is 6.54 Å². The molecule has 0 aliphatic heterocycles. The number of ether oxygens (including phenoxy) is 3. The molecule has 1 heterocycles. The molecule has 186 valence electrons. The molecule has 2 aromatic rings. The predicted molar refractivity (Wildman–Crippen MR) is 128 cm³/mol. The number of benzene rings is 1. The molecule has 0 bridgehead atoms. The Kier molecular flexibility index (Phi) is 9.28. The predicted octanol–water partition coefficient (Wildman–Crippen LogP) is 3.06. The van der Waals surface area contributed by atoms with Crippen LogP contribution in [0.3, 0.4) is 0 Å². The van der Waals surface area contributed by atoms with Crippen LogP contribution in [0.5, 0.6) is 11.5 Å². The second kappa shape index (κ2) is 11.7. The first-order valence-corrected chi connectivity index (χ1v) is 12.2. The Morgan fingerprint density at radius 3 is 2.35 bits per heavy atom. The first-order valence-electron chi connectivity index (χ1n) is 10.7. The quantitative estimate of drug-likeness (QED) is 0.401. The van der Waals surface area contributed by atoms with Crippen LogP contribution in [0.1, 0.15) is 45.6 Å². The molecule has 3 N–H and O–H groups in total. The Bertz CT molecular complexity index is 1160. The number of hydrogen-bond donors (Lipinski definition) is 3. The number of nitrogens with zero attached hydrogens (tertiary/aromatic N) is 2. The van der Waals surface area contributed by atoms with Crippen LogP contribution in [0.2, 0.25) is 0 Å². The number of anilines is 1. The van der Waals surface area contributed by atoms with Gasteiger partial charge in [-0.2, -0.15) is 18.4 Å². The van der Waals surface area contributed by atoms with Gasteiger partial charge in [0, 0.05) is 30.7 Å². The van der Waals surface area contributed by atoms with Gasteiger partial charge in [0.1, 0.15) is 11.7 Å². The fourth-order valence-electron chi connectivity index (χ4n) is 3.09. The van der Waals surface area contributed by atoms with Crippen molar-refractivity contribution >= 4 is 32.9 Å². The van der Waals surface area contributed by atoms with Crippen molar-refractivity contribution in [2.45, 2.75) is 45.6 Å². The number of hydrogen-bond acceptors (Lipinski definition) is 9. The molecule has 0 atom stereocenters. The molecule has 0 saturated carbocycles. The summed E-state index contributed by atoms with van der Waals surface area (Å²) in [6, 6.07) is 5.67. The van der Waals surface area contributed by atoms with Gasteiger partial charge in [0.15, 0.2) is 11.5 Å². The molecule has 34 heavy (non-hydrogen) atoms. The lowest BCUT2D eigenvalue weighted by Crippen LogP contribution is -2.43. The lowest BCUT2D eigenvalue weighted by Gasteiger charge is -2.19. The smallest absolute Gasteiger partial charge is 0.422 e. The molecule has 12 heteroatoms. The molecule has 0 fully saturated rings. The van der Waals surface area contributed by atoms with Crippen molar-refractivity contribution in [2.24, 2.45) is 0 Å². The van der Waals surface area contributed by atoms with Crippen molar-refractivity contribution in [3.8, 4) is 17.6 Å². The van der Waals surface area contributed by atoms with Gasteiger partial charge in [0.05, 0.1) is 31.0 Å². The summed E-state index contributed by atoms with van der Waals surface area (Å²) in [5.74, 6) is 1.07. The van der Waals surface area contributed by atoms with Gasteiger partial charge in [-0.15, -0.1) is 0 Å². The second-order valence-electron chi connectivity index (χ2n) is 8.37. The third-order valence-corrected chi connectivity index (χ3v) is 5.58. The molecule has 2 rings (SSSR count). The molecule has 11 nitrogen and oxygen atoms in total. The average Bonchev–Trinajstić information content (AvgIpc) is 2.75. The average molecular weight is 494 g/mol. The molecular weight excluding hydrogens is 462 g/mol. The van der Waals surface area contributed by atoms with E-state index < -0.39 is 21.9 Å². The summed E-state index contributed by atoms with van der Waals surface area (Å²) in [7, 11) is -0.911. The number of rotatable bonds is 11. The van der Waals surface area contributed by atoms with E-state index in [1.807, 2.05) is 4.72 Å². The minimum atomic E-state index is -3.99. The molecule has 1 aromatic heterocycles. The number of carbonyl (C=O) groups is 1. The van der Waals surface area contributed by atoms with E-state index in [0.717, 1.165) is 11.8 Å². The number of nitriles is 1. The highest BCUT2D eigenvalue weighted by Crippen LogP contribution is 2.35. The number of fused-ring (bicyclic) bond motifs is 1. The van der Waals surface area contributed by atoms with Gasteiger partial charge in [-0.1, -0.05) is 6.42 Å². The zero-order valence-corrected chi connectivity index (χ0v) is 20.8. The summed E-state index contributed by atoms with van der Waals surface area (Å²) in [6.07, 6.45) is 2.47. The van der Waals surface area contributed by atoms with E-state index in [9.17, 15) is 18.5 Å². The highest BCUT2D eigenvalue weighted by molar-refractivity contribution is 7.88. The first-order chi connectivity index (χ1) is 16.0. The van der Waals surface area contributed by atoms with Crippen LogP contribution in [0.15, 0.2) is 18.3 Å². The molecule has 0 spiro atoms. The number of carbonyl (C=O) groups excluding carboxylic acids is 1. The topological polar surface area (TPSA) is 152 Å². The van der Waals surface area contributed by atoms with Crippen molar-refractivity contribution < 1.29 is 27.4 Å². The Balaban J connectivity index is 1.88. The largest absolute Gasteiger partial charge is 0.493 e. The van der Waals surface area contributed by atoms with Crippen molar-refractivity contribution in [1.29, 1.82) is 5.26 Å². The van der Waals surface area contributed by atoms with Crippen LogP contribution in [0.25, 0.3) is 10.9 Å². The van der Waals surface area contributed by atoms with Crippen molar-refractivity contribution in [2.75, 3.05) is 32.6 Å². The number of amides is 1. The van der Waals surface area contributed by atoms with Crippen LogP contribution in [0.4, 0.5) is 10.5 Å². The molecule has 0 saturated heterocycles. The Morgan fingerprint density at radius 2 is 1.74 bits per heavy atom. The summed E-state index contributed by atoms with van der Waals surface area (Å²) in [5, 5.41) is 13.5. The summed E-state index contributed by atoms with van der Waals surface area (Å²) in [4.78, 5) is 15.9. The highest BCUT2D eigenvalue weighted by atomic mass is 32.2. The molecule has 0 aliphatic carbocycles. The van der Waals surface area contributed by atoms with Crippen molar-refractivity contribution in [1.82, 2.24) is 14.4 Å². The number of unbranched alkanes of at least 4 members (excludes halogenated alkanes) is 2. The monoisotopic (exact) mass is 493 g/mol. The second-order valence-corrected chi connectivity index (χ2v) is 9.87. The Hall–Kier alpha value is -3.30. The molecule has 1 aromatic carbocycles. The van der Waals surface area contributed by atoms with E-state index in [1.54, 1.807) is 40.0 Å². The van der Waals surface area contributed by atoms with E-state index in [4.69, 9.17) is 14.2 Å². The number of pyridine rings is 1. The fraction of sp³-hybridized carbons (Fsp3) is 0.500. The maximum absolute atomic E-state index is 11.9. The minimum absolute atomic E-state index is 0.163. The summed E-state index contributed by atoms with van der Waals surface area (Å²) < 4.78 is 43.5. The fourth-order valence-corrected chi connectivity index (χ4v) is 3.83. The van der Waals surface area contributed by atoms with Crippen LogP contribution in [0, 0.1) is 11.3 Å². The van der Waals surface area contributed by atoms with Gasteiger partial charge in [-0.3, -0.25) is 4.98 Å². The lowest BCUT2D eigenvalue weighted by atomic mass is 10.1. The third-order valence-electron chi connectivity index (χ3n) is 4.56. The first kappa shape index (κ1) is 26.9. The van der Waals surface area contributed by atoms with Crippen LogP contribution in [-0.2, 0) is 14.9 Å². The molecule has 0 aliphatic rings. The molecular formula is C22H31N5O6S. The van der Waals surface area contributed by atoms with Crippen LogP contribution in [-0.4, -0.2) is 52.4 Å². The Morgan fingerprint density at radius 1 is 1.09 bits per heavy atom. The summed E-state index contributed by atoms with van der Waals surface area (Å²) >= 11 is 0. The Labute approximate surface area is 200 Å². The molecule has 1 amide bonds. The number of nitrogens with one attached hydrogen (secondary N) is 3. The highest BCUT2D eigenvalue weighted by Gasteiger charge is 2.20. The normalized spacial score (nSPS) is 11.5. The van der Waals surface area contributed by atoms with E-state index in [1.165, 1.54) is 13.3 Å². The zero-order chi connectivity index (χ0) is 25.4. The van der Waals surface area contributed by atoms with Gasteiger partial charge in [0.25, 0.3) is 0 Å². The molecule has 0 radical (unpaired) electrons. The minimum Gasteiger partial charge on any atom is -0.493 e. The zero-order valence-electron chi connectivity index (χ0n) is 20.0. The summed E-state index contributed by atoms with van der Waals surface area (Å²) in [5.41, 5.74) is 0.914. The van der Waals surface area contributed by atoms with Gasteiger partial charge in [0.2, 0.25) is 0 Å². The van der Waals surface area contributed by atoms with E-state index in [0.29, 0.717) is 47.7 Å².